The molecule has 0 spiro atoms. The van der Waals surface area contributed by atoms with Gasteiger partial charge in [-0.05, 0) is 55.7 Å². The number of nitrogens with zero attached hydrogens (tertiary/aromatic N) is 2. The number of thioether (sulfide) groups is 1. The van der Waals surface area contributed by atoms with Crippen LogP contribution in [0.2, 0.25) is 5.02 Å². The van der Waals surface area contributed by atoms with Crippen LogP contribution in [0.5, 0.6) is 0 Å². The maximum absolute atomic E-state index is 13.5. The van der Waals surface area contributed by atoms with Crippen molar-refractivity contribution in [2.24, 2.45) is 0 Å². The third kappa shape index (κ3) is 5.01. The monoisotopic (exact) mass is 487 g/mol. The third-order valence-electron chi connectivity index (χ3n) is 5.49. The van der Waals surface area contributed by atoms with Gasteiger partial charge in [0.05, 0.1) is 5.25 Å². The van der Waals surface area contributed by atoms with Crippen molar-refractivity contribution in [3.63, 3.8) is 0 Å². The Hall–Kier alpha value is -3.53. The molecule has 5 nitrogen and oxygen atoms in total. The minimum atomic E-state index is -0.588. The van der Waals surface area contributed by atoms with Gasteiger partial charge >= 0.3 is 0 Å². The van der Waals surface area contributed by atoms with Crippen LogP contribution in [0, 0.1) is 25.2 Å². The first-order valence-corrected chi connectivity index (χ1v) is 12.0. The number of carbonyl (C=O) groups excluding carboxylic acids is 2. The predicted molar refractivity (Wildman–Crippen MR) is 138 cm³/mol. The molecule has 3 aromatic rings. The molecular formula is C27H22ClN3O2S. The molecule has 2 amide bonds. The molecule has 170 valence electrons. The molecule has 4 rings (SSSR count). The molecule has 0 bridgehead atoms. The van der Waals surface area contributed by atoms with Crippen LogP contribution in [0.1, 0.15) is 16.7 Å². The Bertz CT molecular complexity index is 1310. The Balaban J connectivity index is 1.70. The zero-order valence-electron chi connectivity index (χ0n) is 18.7. The van der Waals surface area contributed by atoms with Crippen molar-refractivity contribution in [1.82, 2.24) is 0 Å². The molecular weight excluding hydrogens is 466 g/mol. The zero-order valence-corrected chi connectivity index (χ0v) is 20.3. The van der Waals surface area contributed by atoms with Gasteiger partial charge in [0.25, 0.3) is 5.91 Å². The molecule has 3 aromatic carbocycles. The Kier molecular flexibility index (Phi) is 7.06. The summed E-state index contributed by atoms with van der Waals surface area (Å²) in [5.41, 5.74) is 4.00. The molecule has 7 heteroatoms. The number of anilines is 2. The fraction of sp³-hybridized carbons (Fsp3) is 0.148. The van der Waals surface area contributed by atoms with Crippen molar-refractivity contribution in [2.45, 2.75) is 25.5 Å². The number of para-hydroxylation sites is 1. The van der Waals surface area contributed by atoms with Crippen molar-refractivity contribution in [1.29, 1.82) is 5.26 Å². The van der Waals surface area contributed by atoms with E-state index in [9.17, 15) is 14.9 Å². The van der Waals surface area contributed by atoms with Gasteiger partial charge in [-0.15, -0.1) is 0 Å². The number of benzene rings is 3. The molecule has 1 saturated heterocycles. The second-order valence-corrected chi connectivity index (χ2v) is 9.61. The number of rotatable bonds is 5. The molecule has 1 heterocycles. The van der Waals surface area contributed by atoms with Crippen molar-refractivity contribution in [3.05, 3.63) is 105 Å². The largest absolute Gasteiger partial charge is 0.321 e. The van der Waals surface area contributed by atoms with Crippen LogP contribution in [-0.4, -0.2) is 17.1 Å². The van der Waals surface area contributed by atoms with E-state index in [1.807, 2.05) is 62.4 Å². The highest BCUT2D eigenvalue weighted by atomic mass is 35.5. The minimum absolute atomic E-state index is 0.120. The van der Waals surface area contributed by atoms with E-state index in [0.717, 1.165) is 16.7 Å². The van der Waals surface area contributed by atoms with Crippen molar-refractivity contribution in [3.8, 4) is 6.07 Å². The van der Waals surface area contributed by atoms with Gasteiger partial charge in [0.15, 0.2) is 0 Å². The summed E-state index contributed by atoms with van der Waals surface area (Å²) in [4.78, 5) is 28.1. The lowest BCUT2D eigenvalue weighted by molar-refractivity contribution is -0.117. The predicted octanol–water partition coefficient (Wildman–Crippen LogP) is 6.02. The Morgan fingerprint density at radius 2 is 1.79 bits per heavy atom. The summed E-state index contributed by atoms with van der Waals surface area (Å²) in [6.07, 6.45) is 0.491. The summed E-state index contributed by atoms with van der Waals surface area (Å²) in [5, 5.41) is 13.1. The molecule has 0 unspecified atom stereocenters. The van der Waals surface area contributed by atoms with Crippen LogP contribution >= 0.6 is 23.4 Å². The minimum Gasteiger partial charge on any atom is -0.321 e. The number of amides is 2. The van der Waals surface area contributed by atoms with Crippen LogP contribution in [0.25, 0.3) is 0 Å². The molecule has 1 aliphatic heterocycles. The second kappa shape index (κ2) is 10.2. The number of nitrogens with one attached hydrogen (secondary N) is 1. The number of hydrogen-bond acceptors (Lipinski definition) is 4. The lowest BCUT2D eigenvalue weighted by atomic mass is 10.1. The molecule has 34 heavy (non-hydrogen) atoms. The number of nitriles is 1. The molecule has 0 aliphatic carbocycles. The van der Waals surface area contributed by atoms with E-state index in [0.29, 0.717) is 27.8 Å². The summed E-state index contributed by atoms with van der Waals surface area (Å²) in [6, 6.07) is 24.2. The van der Waals surface area contributed by atoms with E-state index < -0.39 is 11.2 Å². The van der Waals surface area contributed by atoms with Crippen molar-refractivity contribution in [2.75, 3.05) is 10.2 Å². The molecule has 1 aliphatic rings. The van der Waals surface area contributed by atoms with Gasteiger partial charge in [-0.3, -0.25) is 14.5 Å². The summed E-state index contributed by atoms with van der Waals surface area (Å²) in [5.74, 6) is -0.750. The maximum Gasteiger partial charge on any atom is 0.269 e. The van der Waals surface area contributed by atoms with E-state index in [1.54, 1.807) is 30.3 Å². The fourth-order valence-corrected chi connectivity index (χ4v) is 5.09. The summed E-state index contributed by atoms with van der Waals surface area (Å²) in [6.45, 7) is 3.87. The average molecular weight is 488 g/mol. The molecule has 0 aromatic heterocycles. The normalized spacial score (nSPS) is 16.8. The lowest BCUT2D eigenvalue weighted by Crippen LogP contribution is -2.30. The highest BCUT2D eigenvalue weighted by Gasteiger charge is 2.40. The van der Waals surface area contributed by atoms with Crippen LogP contribution < -0.4 is 10.2 Å². The van der Waals surface area contributed by atoms with Crippen molar-refractivity contribution < 1.29 is 9.59 Å². The third-order valence-corrected chi connectivity index (χ3v) is 7.16. The molecule has 0 saturated carbocycles. The Labute approximate surface area is 208 Å². The maximum atomic E-state index is 13.5. The Morgan fingerprint density at radius 1 is 1.09 bits per heavy atom. The van der Waals surface area contributed by atoms with Crippen LogP contribution in [0.15, 0.2) is 83.4 Å². The summed E-state index contributed by atoms with van der Waals surface area (Å²) < 4.78 is 0. The van der Waals surface area contributed by atoms with Gasteiger partial charge in [0.1, 0.15) is 16.7 Å². The molecule has 1 fully saturated rings. The van der Waals surface area contributed by atoms with E-state index in [1.165, 1.54) is 16.7 Å². The Morgan fingerprint density at radius 3 is 2.44 bits per heavy atom. The quantitative estimate of drug-likeness (QED) is 0.352. The van der Waals surface area contributed by atoms with Gasteiger partial charge < -0.3 is 5.32 Å². The van der Waals surface area contributed by atoms with E-state index in [4.69, 9.17) is 11.6 Å². The average Bonchev–Trinajstić information content (AvgIpc) is 3.14. The standard InChI is InChI=1S/C27H22ClN3O2S/c1-17-8-11-19(12-9-17)14-24-26(33)31(21-6-4-3-5-7-21)27(34-24)22(16-29)25(32)30-20-13-10-18(2)23(28)15-20/h3-13,15,24H,14H2,1-2H3,(H,30,32)/b27-22-/t24-/m1/s1. The van der Waals surface area contributed by atoms with Crippen LogP contribution in [0.3, 0.4) is 0 Å². The first kappa shape index (κ1) is 23.6. The molecule has 1 atom stereocenters. The summed E-state index contributed by atoms with van der Waals surface area (Å²) >= 11 is 7.43. The van der Waals surface area contributed by atoms with E-state index in [-0.39, 0.29) is 11.5 Å². The van der Waals surface area contributed by atoms with Gasteiger partial charge in [-0.1, -0.05) is 77.5 Å². The smallest absolute Gasteiger partial charge is 0.269 e. The first-order chi connectivity index (χ1) is 16.4. The highest BCUT2D eigenvalue weighted by molar-refractivity contribution is 8.05. The number of aryl methyl sites for hydroxylation is 2. The van der Waals surface area contributed by atoms with Gasteiger partial charge in [-0.25, -0.2) is 0 Å². The van der Waals surface area contributed by atoms with Crippen LogP contribution in [-0.2, 0) is 16.0 Å². The van der Waals surface area contributed by atoms with Crippen LogP contribution in [0.4, 0.5) is 11.4 Å². The topological polar surface area (TPSA) is 73.2 Å². The van der Waals surface area contributed by atoms with Gasteiger partial charge in [0.2, 0.25) is 5.91 Å². The first-order valence-electron chi connectivity index (χ1n) is 10.7. The van der Waals surface area contributed by atoms with Gasteiger partial charge in [0, 0.05) is 16.4 Å². The SMILES string of the molecule is Cc1ccc(C[C@H]2S/C(=C(/C#N)C(=O)Nc3ccc(C)c(Cl)c3)N(c3ccccc3)C2=O)cc1. The number of carbonyl (C=O) groups is 2. The van der Waals surface area contributed by atoms with E-state index in [2.05, 4.69) is 5.32 Å². The number of hydrogen-bond donors (Lipinski definition) is 1. The number of halogens is 1. The molecule has 0 radical (unpaired) electrons. The highest BCUT2D eigenvalue weighted by Crippen LogP contribution is 2.42. The van der Waals surface area contributed by atoms with Crippen molar-refractivity contribution >= 4 is 46.6 Å². The molecule has 1 N–H and O–H groups in total. The summed E-state index contributed by atoms with van der Waals surface area (Å²) in [7, 11) is 0. The van der Waals surface area contributed by atoms with E-state index >= 15 is 0 Å². The lowest BCUT2D eigenvalue weighted by Gasteiger charge is -2.18. The zero-order chi connectivity index (χ0) is 24.2. The van der Waals surface area contributed by atoms with Gasteiger partial charge in [-0.2, -0.15) is 5.26 Å². The second-order valence-electron chi connectivity index (χ2n) is 8.02. The fourth-order valence-electron chi connectivity index (χ4n) is 3.60.